The molecule has 5 nitrogen and oxygen atoms in total. The van der Waals surface area contributed by atoms with Crippen LogP contribution < -0.4 is 5.32 Å². The number of carbonyl (C=O) groups excluding carboxylic acids is 1. The molecule has 96 valence electrons. The summed E-state index contributed by atoms with van der Waals surface area (Å²) in [5.41, 5.74) is 0. The van der Waals surface area contributed by atoms with Crippen molar-refractivity contribution in [2.24, 2.45) is 5.92 Å². The summed E-state index contributed by atoms with van der Waals surface area (Å²) in [6, 6.07) is -0.621. The molecule has 0 aromatic carbocycles. The summed E-state index contributed by atoms with van der Waals surface area (Å²) in [5.74, 6) is 0.525. The van der Waals surface area contributed by atoms with E-state index in [-0.39, 0.29) is 5.91 Å². The standard InChI is InChI=1S/C11H18N2O3S/c14-10(4-8-2-1-3-12-5-8)13-7-17-6-9(13)11(15)16/h8-9,12H,1-7H2,(H,15,16)/t8?,9-/m0/s1. The summed E-state index contributed by atoms with van der Waals surface area (Å²) in [6.07, 6.45) is 2.66. The van der Waals surface area contributed by atoms with Crippen LogP contribution in [0.15, 0.2) is 0 Å². The zero-order chi connectivity index (χ0) is 12.3. The summed E-state index contributed by atoms with van der Waals surface area (Å²) in [5, 5.41) is 12.3. The quantitative estimate of drug-likeness (QED) is 0.765. The predicted octanol–water partition coefficient (Wildman–Crippen LogP) is 0.362. The van der Waals surface area contributed by atoms with E-state index in [0.717, 1.165) is 25.9 Å². The van der Waals surface area contributed by atoms with Crippen molar-refractivity contribution in [3.8, 4) is 0 Å². The van der Waals surface area contributed by atoms with Gasteiger partial charge in [0.05, 0.1) is 5.88 Å². The van der Waals surface area contributed by atoms with Crippen molar-refractivity contribution in [1.29, 1.82) is 0 Å². The first kappa shape index (κ1) is 12.7. The molecule has 2 aliphatic rings. The fraction of sp³-hybridized carbons (Fsp3) is 0.818. The van der Waals surface area contributed by atoms with Crippen LogP contribution in [-0.2, 0) is 9.59 Å². The van der Waals surface area contributed by atoms with E-state index < -0.39 is 12.0 Å². The van der Waals surface area contributed by atoms with Crippen LogP contribution in [0.5, 0.6) is 0 Å². The fourth-order valence-electron chi connectivity index (χ4n) is 2.36. The van der Waals surface area contributed by atoms with Crippen LogP contribution in [0.25, 0.3) is 0 Å². The van der Waals surface area contributed by atoms with Gasteiger partial charge in [-0.1, -0.05) is 0 Å². The van der Waals surface area contributed by atoms with Gasteiger partial charge in [-0.15, -0.1) is 11.8 Å². The highest BCUT2D eigenvalue weighted by Gasteiger charge is 2.35. The van der Waals surface area contributed by atoms with E-state index in [0.29, 0.717) is 24.0 Å². The zero-order valence-electron chi connectivity index (χ0n) is 9.72. The van der Waals surface area contributed by atoms with E-state index in [4.69, 9.17) is 5.11 Å². The molecule has 0 saturated carbocycles. The molecule has 2 saturated heterocycles. The minimum atomic E-state index is -0.884. The van der Waals surface area contributed by atoms with E-state index in [2.05, 4.69) is 5.32 Å². The van der Waals surface area contributed by atoms with Gasteiger partial charge in [-0.25, -0.2) is 4.79 Å². The Balaban J connectivity index is 1.88. The van der Waals surface area contributed by atoms with Crippen LogP contribution in [0.4, 0.5) is 0 Å². The lowest BCUT2D eigenvalue weighted by Crippen LogP contribution is -2.43. The minimum Gasteiger partial charge on any atom is -0.480 e. The third-order valence-electron chi connectivity index (χ3n) is 3.35. The highest BCUT2D eigenvalue weighted by Crippen LogP contribution is 2.24. The van der Waals surface area contributed by atoms with Gasteiger partial charge < -0.3 is 15.3 Å². The Morgan fingerprint density at radius 1 is 1.47 bits per heavy atom. The maximum absolute atomic E-state index is 12.0. The number of nitrogens with zero attached hydrogens (tertiary/aromatic N) is 1. The number of thioether (sulfide) groups is 1. The van der Waals surface area contributed by atoms with Crippen molar-refractivity contribution in [1.82, 2.24) is 10.2 Å². The lowest BCUT2D eigenvalue weighted by Gasteiger charge is -2.26. The van der Waals surface area contributed by atoms with E-state index in [9.17, 15) is 9.59 Å². The lowest BCUT2D eigenvalue weighted by atomic mass is 9.95. The van der Waals surface area contributed by atoms with Gasteiger partial charge in [-0.3, -0.25) is 4.79 Å². The Morgan fingerprint density at radius 3 is 2.94 bits per heavy atom. The van der Waals surface area contributed by atoms with E-state index >= 15 is 0 Å². The third-order valence-corrected chi connectivity index (χ3v) is 4.36. The Bertz CT molecular complexity index is 305. The molecule has 2 heterocycles. The highest BCUT2D eigenvalue weighted by atomic mass is 32.2. The first-order chi connectivity index (χ1) is 8.18. The molecule has 0 spiro atoms. The predicted molar refractivity (Wildman–Crippen MR) is 65.8 cm³/mol. The molecule has 1 amide bonds. The summed E-state index contributed by atoms with van der Waals surface area (Å²) in [4.78, 5) is 24.6. The van der Waals surface area contributed by atoms with Crippen molar-refractivity contribution in [3.63, 3.8) is 0 Å². The van der Waals surface area contributed by atoms with Crippen molar-refractivity contribution in [2.45, 2.75) is 25.3 Å². The molecule has 0 bridgehead atoms. The summed E-state index contributed by atoms with van der Waals surface area (Å²) in [6.45, 7) is 1.91. The molecular weight excluding hydrogens is 240 g/mol. The Morgan fingerprint density at radius 2 is 2.29 bits per heavy atom. The largest absolute Gasteiger partial charge is 0.480 e. The van der Waals surface area contributed by atoms with Gasteiger partial charge in [0.1, 0.15) is 6.04 Å². The second-order valence-corrected chi connectivity index (χ2v) is 5.63. The lowest BCUT2D eigenvalue weighted by molar-refractivity contribution is -0.148. The SMILES string of the molecule is O=C(O)[C@@H]1CSCN1C(=O)CC1CCCNC1. The number of amides is 1. The molecule has 0 aromatic rings. The summed E-state index contributed by atoms with van der Waals surface area (Å²) in [7, 11) is 0. The zero-order valence-corrected chi connectivity index (χ0v) is 10.5. The van der Waals surface area contributed by atoms with Gasteiger partial charge in [0, 0.05) is 12.2 Å². The van der Waals surface area contributed by atoms with Crippen molar-refractivity contribution < 1.29 is 14.7 Å². The molecule has 17 heavy (non-hydrogen) atoms. The molecule has 0 radical (unpaired) electrons. The number of carboxylic acids is 1. The van der Waals surface area contributed by atoms with Crippen LogP contribution in [0.2, 0.25) is 0 Å². The number of aliphatic carboxylic acids is 1. The van der Waals surface area contributed by atoms with Crippen molar-refractivity contribution in [2.75, 3.05) is 24.7 Å². The molecule has 2 rings (SSSR count). The maximum Gasteiger partial charge on any atom is 0.327 e. The third kappa shape index (κ3) is 3.13. The summed E-state index contributed by atoms with van der Waals surface area (Å²) < 4.78 is 0. The molecule has 6 heteroatoms. The van der Waals surface area contributed by atoms with Crippen molar-refractivity contribution >= 4 is 23.6 Å². The number of hydrogen-bond donors (Lipinski definition) is 2. The second-order valence-electron chi connectivity index (χ2n) is 4.63. The molecule has 2 atom stereocenters. The van der Waals surface area contributed by atoms with E-state index in [1.807, 2.05) is 0 Å². The minimum absolute atomic E-state index is 0.00361. The van der Waals surface area contributed by atoms with Gasteiger partial charge in [0.25, 0.3) is 0 Å². The molecule has 2 aliphatic heterocycles. The number of carbonyl (C=O) groups is 2. The average molecular weight is 258 g/mol. The van der Waals surface area contributed by atoms with Crippen LogP contribution in [0, 0.1) is 5.92 Å². The summed E-state index contributed by atoms with van der Waals surface area (Å²) >= 11 is 1.52. The van der Waals surface area contributed by atoms with Crippen LogP contribution >= 0.6 is 11.8 Å². The van der Waals surface area contributed by atoms with E-state index in [1.54, 1.807) is 0 Å². The monoisotopic (exact) mass is 258 g/mol. The number of hydrogen-bond acceptors (Lipinski definition) is 4. The average Bonchev–Trinajstić information content (AvgIpc) is 2.79. The molecule has 2 fully saturated rings. The van der Waals surface area contributed by atoms with Gasteiger partial charge in [0.15, 0.2) is 0 Å². The Hall–Kier alpha value is -0.750. The van der Waals surface area contributed by atoms with Gasteiger partial charge >= 0.3 is 5.97 Å². The number of carboxylic acid groups (broad SMARTS) is 1. The van der Waals surface area contributed by atoms with Gasteiger partial charge in [0.2, 0.25) is 5.91 Å². The Kier molecular flexibility index (Phi) is 4.28. The number of rotatable bonds is 3. The molecule has 0 aromatic heterocycles. The first-order valence-electron chi connectivity index (χ1n) is 5.99. The van der Waals surface area contributed by atoms with E-state index in [1.165, 1.54) is 16.7 Å². The topological polar surface area (TPSA) is 69.6 Å². The number of nitrogens with one attached hydrogen (secondary N) is 1. The normalized spacial score (nSPS) is 29.3. The molecular formula is C11H18N2O3S. The molecule has 1 unspecified atom stereocenters. The molecule has 0 aliphatic carbocycles. The highest BCUT2D eigenvalue weighted by molar-refractivity contribution is 7.99. The number of piperidine rings is 1. The van der Waals surface area contributed by atoms with Crippen molar-refractivity contribution in [3.05, 3.63) is 0 Å². The smallest absolute Gasteiger partial charge is 0.327 e. The Labute approximate surface area is 105 Å². The molecule has 2 N–H and O–H groups in total. The van der Waals surface area contributed by atoms with Crippen LogP contribution in [-0.4, -0.2) is 52.6 Å². The maximum atomic E-state index is 12.0. The fourth-order valence-corrected chi connectivity index (χ4v) is 3.53. The van der Waals surface area contributed by atoms with Gasteiger partial charge in [-0.05, 0) is 31.8 Å². The van der Waals surface area contributed by atoms with Crippen LogP contribution in [0.3, 0.4) is 0 Å². The van der Waals surface area contributed by atoms with Gasteiger partial charge in [-0.2, -0.15) is 0 Å². The van der Waals surface area contributed by atoms with Crippen LogP contribution in [0.1, 0.15) is 19.3 Å². The second kappa shape index (κ2) is 5.73. The first-order valence-corrected chi connectivity index (χ1v) is 7.14.